The number of carbonyl (C=O) groups is 2. The number of esters is 1. The summed E-state index contributed by atoms with van der Waals surface area (Å²) in [5, 5.41) is 3.28. The minimum atomic E-state index is -0.895. The lowest BCUT2D eigenvalue weighted by molar-refractivity contribution is -0.150. The Labute approximate surface area is 162 Å². The third kappa shape index (κ3) is 6.24. The Kier molecular flexibility index (Phi) is 7.75. The lowest BCUT2D eigenvalue weighted by atomic mass is 10.2. The highest BCUT2D eigenvalue weighted by molar-refractivity contribution is 7.98. The van der Waals surface area contributed by atoms with Crippen molar-refractivity contribution in [3.8, 4) is 0 Å². The summed E-state index contributed by atoms with van der Waals surface area (Å²) in [5.74, 6) is -0.949. The molecule has 6 heteroatoms. The summed E-state index contributed by atoms with van der Waals surface area (Å²) < 4.78 is 5.12. The van der Waals surface area contributed by atoms with Gasteiger partial charge < -0.3 is 10.1 Å². The zero-order valence-electron chi connectivity index (χ0n) is 14.6. The molecule has 0 fully saturated rings. The first-order chi connectivity index (χ1) is 12.5. The Bertz CT molecular complexity index is 790. The SMILES string of the molecule is CSc1ccc(/C=C/C(=O)O[C@@H](C)C(=O)NCc2ccccc2Cl)cc1. The van der Waals surface area contributed by atoms with E-state index in [0.29, 0.717) is 5.02 Å². The van der Waals surface area contributed by atoms with Crippen molar-refractivity contribution in [1.82, 2.24) is 5.32 Å². The van der Waals surface area contributed by atoms with E-state index >= 15 is 0 Å². The minimum Gasteiger partial charge on any atom is -0.449 e. The van der Waals surface area contributed by atoms with Crippen LogP contribution in [0.2, 0.25) is 5.02 Å². The van der Waals surface area contributed by atoms with E-state index in [0.717, 1.165) is 16.0 Å². The molecule has 0 unspecified atom stereocenters. The molecule has 1 amide bonds. The number of rotatable bonds is 7. The number of hydrogen-bond donors (Lipinski definition) is 1. The molecule has 0 bridgehead atoms. The summed E-state index contributed by atoms with van der Waals surface area (Å²) >= 11 is 7.69. The Morgan fingerprint density at radius 1 is 1.19 bits per heavy atom. The molecule has 0 radical (unpaired) electrons. The van der Waals surface area contributed by atoms with Crippen molar-refractivity contribution in [3.63, 3.8) is 0 Å². The normalized spacial score (nSPS) is 12.0. The first kappa shape index (κ1) is 20.1. The van der Waals surface area contributed by atoms with Gasteiger partial charge in [0.2, 0.25) is 0 Å². The van der Waals surface area contributed by atoms with Crippen molar-refractivity contribution in [3.05, 3.63) is 70.8 Å². The van der Waals surface area contributed by atoms with Crippen LogP contribution in [-0.2, 0) is 20.9 Å². The molecule has 0 heterocycles. The Hall–Kier alpha value is -2.24. The van der Waals surface area contributed by atoms with Gasteiger partial charge in [-0.2, -0.15) is 0 Å². The van der Waals surface area contributed by atoms with Crippen molar-refractivity contribution < 1.29 is 14.3 Å². The first-order valence-electron chi connectivity index (χ1n) is 8.03. The van der Waals surface area contributed by atoms with Crippen LogP contribution in [-0.4, -0.2) is 24.2 Å². The molecule has 0 spiro atoms. The average molecular weight is 390 g/mol. The van der Waals surface area contributed by atoms with Crippen molar-refractivity contribution in [2.24, 2.45) is 0 Å². The average Bonchev–Trinajstić information content (AvgIpc) is 2.65. The van der Waals surface area contributed by atoms with E-state index in [1.54, 1.807) is 23.9 Å². The highest BCUT2D eigenvalue weighted by Crippen LogP contribution is 2.16. The number of halogens is 1. The highest BCUT2D eigenvalue weighted by atomic mass is 35.5. The van der Waals surface area contributed by atoms with Crippen LogP contribution >= 0.6 is 23.4 Å². The van der Waals surface area contributed by atoms with Crippen molar-refractivity contribution in [1.29, 1.82) is 0 Å². The Morgan fingerprint density at radius 2 is 1.88 bits per heavy atom. The smallest absolute Gasteiger partial charge is 0.331 e. The number of hydrogen-bond acceptors (Lipinski definition) is 4. The van der Waals surface area contributed by atoms with Crippen LogP contribution in [0, 0.1) is 0 Å². The van der Waals surface area contributed by atoms with Gasteiger partial charge in [0, 0.05) is 22.5 Å². The van der Waals surface area contributed by atoms with Crippen LogP contribution in [0.3, 0.4) is 0 Å². The predicted molar refractivity (Wildman–Crippen MR) is 106 cm³/mol. The lowest BCUT2D eigenvalue weighted by Crippen LogP contribution is -2.35. The molecular formula is C20H20ClNO3S. The maximum absolute atomic E-state index is 12.1. The molecule has 1 N–H and O–H groups in total. The Balaban J connectivity index is 1.82. The van der Waals surface area contributed by atoms with Gasteiger partial charge >= 0.3 is 5.97 Å². The molecule has 0 aliphatic heterocycles. The van der Waals surface area contributed by atoms with Gasteiger partial charge in [-0.05, 0) is 48.6 Å². The van der Waals surface area contributed by atoms with E-state index in [4.69, 9.17) is 16.3 Å². The lowest BCUT2D eigenvalue weighted by Gasteiger charge is -2.13. The van der Waals surface area contributed by atoms with Crippen molar-refractivity contribution in [2.75, 3.05) is 6.26 Å². The number of benzene rings is 2. The molecule has 2 aromatic carbocycles. The van der Waals surface area contributed by atoms with Crippen LogP contribution in [0.5, 0.6) is 0 Å². The van der Waals surface area contributed by atoms with Gasteiger partial charge in [0.25, 0.3) is 5.91 Å². The largest absolute Gasteiger partial charge is 0.449 e. The second kappa shape index (κ2) is 10.0. The Morgan fingerprint density at radius 3 is 2.54 bits per heavy atom. The van der Waals surface area contributed by atoms with Gasteiger partial charge in [-0.3, -0.25) is 4.79 Å². The molecule has 0 saturated heterocycles. The summed E-state index contributed by atoms with van der Waals surface area (Å²) in [6.07, 6.45) is 4.07. The molecule has 4 nitrogen and oxygen atoms in total. The molecule has 2 rings (SSSR count). The summed E-state index contributed by atoms with van der Waals surface area (Å²) in [7, 11) is 0. The van der Waals surface area contributed by atoms with Gasteiger partial charge in [-0.1, -0.05) is 41.9 Å². The van der Waals surface area contributed by atoms with E-state index in [1.165, 1.54) is 13.0 Å². The standard InChI is InChI=1S/C20H20ClNO3S/c1-14(20(24)22-13-16-5-3-4-6-18(16)21)25-19(23)12-9-15-7-10-17(26-2)11-8-15/h3-12,14H,13H2,1-2H3,(H,22,24)/b12-9+/t14-/m0/s1. The quantitative estimate of drug-likeness (QED) is 0.435. The van der Waals surface area contributed by atoms with Gasteiger partial charge in [-0.25, -0.2) is 4.79 Å². The number of carbonyl (C=O) groups excluding carboxylic acids is 2. The van der Waals surface area contributed by atoms with E-state index in [1.807, 2.05) is 48.7 Å². The third-order valence-corrected chi connectivity index (χ3v) is 4.71. The summed E-state index contributed by atoms with van der Waals surface area (Å²) in [6, 6.07) is 15.0. The van der Waals surface area contributed by atoms with Crippen molar-refractivity contribution in [2.45, 2.75) is 24.5 Å². The number of amides is 1. The third-order valence-electron chi connectivity index (χ3n) is 3.60. The molecule has 0 aliphatic carbocycles. The molecule has 0 aromatic heterocycles. The second-order valence-electron chi connectivity index (χ2n) is 5.49. The molecule has 0 aliphatic rings. The number of nitrogens with one attached hydrogen (secondary N) is 1. The van der Waals surface area contributed by atoms with Crippen LogP contribution in [0.15, 0.2) is 59.5 Å². The van der Waals surface area contributed by atoms with Gasteiger partial charge in [0.1, 0.15) is 0 Å². The topological polar surface area (TPSA) is 55.4 Å². The van der Waals surface area contributed by atoms with E-state index < -0.39 is 12.1 Å². The van der Waals surface area contributed by atoms with E-state index in [2.05, 4.69) is 5.32 Å². The fourth-order valence-corrected chi connectivity index (χ4v) is 2.72. The van der Waals surface area contributed by atoms with Crippen molar-refractivity contribution >= 4 is 41.3 Å². The number of thioether (sulfide) groups is 1. The van der Waals surface area contributed by atoms with Gasteiger partial charge in [-0.15, -0.1) is 11.8 Å². The van der Waals surface area contributed by atoms with Crippen LogP contribution in [0.4, 0.5) is 0 Å². The summed E-state index contributed by atoms with van der Waals surface area (Å²) in [5.41, 5.74) is 1.69. The summed E-state index contributed by atoms with van der Waals surface area (Å²) in [4.78, 5) is 25.1. The zero-order chi connectivity index (χ0) is 18.9. The number of ether oxygens (including phenoxy) is 1. The first-order valence-corrected chi connectivity index (χ1v) is 9.63. The highest BCUT2D eigenvalue weighted by Gasteiger charge is 2.16. The van der Waals surface area contributed by atoms with Crippen LogP contribution in [0.25, 0.3) is 6.08 Å². The fourth-order valence-electron chi connectivity index (χ4n) is 2.11. The second-order valence-corrected chi connectivity index (χ2v) is 6.78. The molecule has 0 saturated carbocycles. The summed E-state index contributed by atoms with van der Waals surface area (Å²) in [6.45, 7) is 1.80. The van der Waals surface area contributed by atoms with Gasteiger partial charge in [0.15, 0.2) is 6.10 Å². The maximum atomic E-state index is 12.1. The molecule has 26 heavy (non-hydrogen) atoms. The fraction of sp³-hybridized carbons (Fsp3) is 0.200. The van der Waals surface area contributed by atoms with Gasteiger partial charge in [0.05, 0.1) is 0 Å². The molecule has 2 aromatic rings. The monoisotopic (exact) mass is 389 g/mol. The molecule has 1 atom stereocenters. The minimum absolute atomic E-state index is 0.276. The van der Waals surface area contributed by atoms with E-state index in [-0.39, 0.29) is 12.5 Å². The maximum Gasteiger partial charge on any atom is 0.331 e. The van der Waals surface area contributed by atoms with Crippen LogP contribution in [0.1, 0.15) is 18.1 Å². The molecule has 136 valence electrons. The zero-order valence-corrected chi connectivity index (χ0v) is 16.1. The van der Waals surface area contributed by atoms with Crippen LogP contribution < -0.4 is 5.32 Å². The predicted octanol–water partition coefficient (Wildman–Crippen LogP) is 4.32. The molecular weight excluding hydrogens is 370 g/mol. The van der Waals surface area contributed by atoms with E-state index in [9.17, 15) is 9.59 Å².